The molecule has 0 bridgehead atoms. The number of hydroxylamine groups is 2. The number of amides is 3. The largest absolute Gasteiger partial charge is 0.338 e. The fourth-order valence-corrected chi connectivity index (χ4v) is 5.19. The van der Waals surface area contributed by atoms with E-state index in [2.05, 4.69) is 37.6 Å². The quantitative estimate of drug-likeness (QED) is 0.255. The van der Waals surface area contributed by atoms with Crippen molar-refractivity contribution in [1.29, 1.82) is 0 Å². The number of nitrogens with one attached hydrogen (secondary N) is 2. The molecule has 1 aromatic heterocycles. The average Bonchev–Trinajstić information content (AvgIpc) is 3.56. The SMILES string of the molecule is CN1CCN(c2nccc(NC(=O)[C@@H]3CCNN3C(=O)C(CC3CCCC3)CN(O)C=O)n2)CC1. The third-order valence-corrected chi connectivity index (χ3v) is 7.20. The van der Waals surface area contributed by atoms with Crippen molar-refractivity contribution >= 4 is 30.0 Å². The third kappa shape index (κ3) is 6.44. The van der Waals surface area contributed by atoms with Crippen LogP contribution < -0.4 is 15.6 Å². The van der Waals surface area contributed by atoms with Crippen molar-refractivity contribution < 1.29 is 19.6 Å². The number of aromatic nitrogens is 2. The summed E-state index contributed by atoms with van der Waals surface area (Å²) in [4.78, 5) is 50.8. The van der Waals surface area contributed by atoms with Gasteiger partial charge in [-0.1, -0.05) is 25.7 Å². The highest BCUT2D eigenvalue weighted by Crippen LogP contribution is 2.31. The Bertz CT molecular complexity index is 888. The summed E-state index contributed by atoms with van der Waals surface area (Å²) >= 11 is 0. The molecule has 3 heterocycles. The fourth-order valence-electron chi connectivity index (χ4n) is 5.19. The predicted molar refractivity (Wildman–Crippen MR) is 128 cm³/mol. The molecule has 1 saturated carbocycles. The summed E-state index contributed by atoms with van der Waals surface area (Å²) in [6, 6.07) is 0.932. The van der Waals surface area contributed by atoms with Crippen molar-refractivity contribution in [2.75, 3.05) is 56.5 Å². The van der Waals surface area contributed by atoms with Crippen LogP contribution >= 0.6 is 0 Å². The molecular formula is C23H36N8O4. The maximum absolute atomic E-state index is 13.4. The van der Waals surface area contributed by atoms with Crippen molar-refractivity contribution in [3.05, 3.63) is 12.3 Å². The van der Waals surface area contributed by atoms with E-state index in [9.17, 15) is 19.6 Å². The van der Waals surface area contributed by atoms with Gasteiger partial charge in [0.1, 0.15) is 11.9 Å². The highest BCUT2D eigenvalue weighted by atomic mass is 16.5. The summed E-state index contributed by atoms with van der Waals surface area (Å²) in [5.41, 5.74) is 3.03. The average molecular weight is 489 g/mol. The first-order chi connectivity index (χ1) is 16.9. The standard InChI is InChI=1S/C23H36N8O4/c1-28-10-12-29(13-11-28)23-24-8-7-20(27-23)26-21(33)19-6-9-25-31(19)22(34)18(15-30(35)16-32)14-17-4-2-3-5-17/h7-8,16-19,25,35H,2-6,9-15H2,1H3,(H,24,26,27,33)/t18?,19-/m0/s1. The van der Waals surface area contributed by atoms with Crippen LogP contribution in [0.5, 0.6) is 0 Å². The summed E-state index contributed by atoms with van der Waals surface area (Å²) in [5, 5.41) is 14.5. The van der Waals surface area contributed by atoms with Gasteiger partial charge in [0.25, 0.3) is 0 Å². The van der Waals surface area contributed by atoms with E-state index in [1.165, 1.54) is 5.01 Å². The number of rotatable bonds is 9. The first kappa shape index (κ1) is 25.3. The van der Waals surface area contributed by atoms with Gasteiger partial charge in [0.05, 0.1) is 12.5 Å². The van der Waals surface area contributed by atoms with Crippen LogP contribution in [0.4, 0.5) is 11.8 Å². The van der Waals surface area contributed by atoms with Crippen LogP contribution in [0.2, 0.25) is 0 Å². The van der Waals surface area contributed by atoms with Gasteiger partial charge in [-0.2, -0.15) is 4.98 Å². The predicted octanol–water partition coefficient (Wildman–Crippen LogP) is 0.317. The minimum absolute atomic E-state index is 0.0916. The summed E-state index contributed by atoms with van der Waals surface area (Å²) in [5.74, 6) is 0.147. The summed E-state index contributed by atoms with van der Waals surface area (Å²) in [6.45, 7) is 3.85. The number of piperazine rings is 1. The van der Waals surface area contributed by atoms with Gasteiger partial charge in [-0.3, -0.25) is 24.6 Å². The Morgan fingerprint density at radius 1 is 1.26 bits per heavy atom. The van der Waals surface area contributed by atoms with Crippen LogP contribution in [0, 0.1) is 11.8 Å². The molecule has 192 valence electrons. The van der Waals surface area contributed by atoms with Crippen LogP contribution in [-0.4, -0.2) is 101 Å². The minimum atomic E-state index is -0.709. The number of hydrogen-bond acceptors (Lipinski definition) is 9. The Morgan fingerprint density at radius 3 is 2.71 bits per heavy atom. The molecule has 0 radical (unpaired) electrons. The second-order valence-electron chi connectivity index (χ2n) is 9.75. The Kier molecular flexibility index (Phi) is 8.47. The van der Waals surface area contributed by atoms with Crippen LogP contribution in [0.15, 0.2) is 12.3 Å². The lowest BCUT2D eigenvalue weighted by Gasteiger charge is -2.32. The molecule has 3 amide bonds. The molecule has 12 heteroatoms. The van der Waals surface area contributed by atoms with E-state index in [1.807, 2.05) is 0 Å². The normalized spacial score (nSPS) is 22.3. The first-order valence-electron chi connectivity index (χ1n) is 12.5. The molecule has 1 unspecified atom stereocenters. The number of anilines is 2. The van der Waals surface area contributed by atoms with E-state index < -0.39 is 12.0 Å². The van der Waals surface area contributed by atoms with Crippen LogP contribution in [0.1, 0.15) is 38.5 Å². The molecule has 4 rings (SSSR count). The second-order valence-corrected chi connectivity index (χ2v) is 9.75. The fraction of sp³-hybridized carbons (Fsp3) is 0.696. The van der Waals surface area contributed by atoms with Gasteiger partial charge in [-0.15, -0.1) is 0 Å². The van der Waals surface area contributed by atoms with Gasteiger partial charge in [-0.05, 0) is 31.9 Å². The number of hydrogen-bond donors (Lipinski definition) is 3. The maximum Gasteiger partial charge on any atom is 0.250 e. The molecule has 3 aliphatic rings. The Hall–Kier alpha value is -2.83. The Balaban J connectivity index is 1.41. The van der Waals surface area contributed by atoms with Crippen molar-refractivity contribution in [3.8, 4) is 0 Å². The lowest BCUT2D eigenvalue weighted by atomic mass is 9.92. The summed E-state index contributed by atoms with van der Waals surface area (Å²) in [7, 11) is 2.08. The van der Waals surface area contributed by atoms with Crippen molar-refractivity contribution in [2.45, 2.75) is 44.6 Å². The molecule has 3 N–H and O–H groups in total. The lowest BCUT2D eigenvalue weighted by Crippen LogP contribution is -2.51. The van der Waals surface area contributed by atoms with Gasteiger partial charge >= 0.3 is 0 Å². The molecule has 0 spiro atoms. The molecule has 0 aromatic carbocycles. The second kappa shape index (κ2) is 11.7. The van der Waals surface area contributed by atoms with Crippen molar-refractivity contribution in [1.82, 2.24) is 30.4 Å². The van der Waals surface area contributed by atoms with E-state index in [-0.39, 0.29) is 18.4 Å². The van der Waals surface area contributed by atoms with E-state index in [0.717, 1.165) is 51.9 Å². The highest BCUT2D eigenvalue weighted by Gasteiger charge is 2.39. The topological polar surface area (TPSA) is 134 Å². The van der Waals surface area contributed by atoms with Gasteiger partial charge in [0.2, 0.25) is 24.2 Å². The zero-order valence-corrected chi connectivity index (χ0v) is 20.3. The molecule has 1 aliphatic carbocycles. The monoisotopic (exact) mass is 488 g/mol. The molecule has 2 atom stereocenters. The van der Waals surface area contributed by atoms with E-state index in [1.54, 1.807) is 12.3 Å². The van der Waals surface area contributed by atoms with Crippen LogP contribution in [-0.2, 0) is 14.4 Å². The molecular weight excluding hydrogens is 452 g/mol. The highest BCUT2D eigenvalue weighted by molar-refractivity contribution is 5.97. The Labute approximate surface area is 205 Å². The first-order valence-corrected chi connectivity index (χ1v) is 12.5. The lowest BCUT2D eigenvalue weighted by molar-refractivity contribution is -0.159. The summed E-state index contributed by atoms with van der Waals surface area (Å²) < 4.78 is 0. The minimum Gasteiger partial charge on any atom is -0.338 e. The van der Waals surface area contributed by atoms with E-state index in [4.69, 9.17) is 0 Å². The van der Waals surface area contributed by atoms with Crippen molar-refractivity contribution in [2.24, 2.45) is 11.8 Å². The zero-order chi connectivity index (χ0) is 24.8. The van der Waals surface area contributed by atoms with Gasteiger partial charge in [0, 0.05) is 38.9 Å². The van der Waals surface area contributed by atoms with Gasteiger partial charge < -0.3 is 15.1 Å². The van der Waals surface area contributed by atoms with Crippen LogP contribution in [0.3, 0.4) is 0 Å². The number of hydrazine groups is 1. The van der Waals surface area contributed by atoms with Crippen LogP contribution in [0.25, 0.3) is 0 Å². The third-order valence-electron chi connectivity index (χ3n) is 7.20. The number of likely N-dealkylation sites (N-methyl/N-ethyl adjacent to an activating group) is 1. The smallest absolute Gasteiger partial charge is 0.250 e. The Morgan fingerprint density at radius 2 is 2.00 bits per heavy atom. The molecule has 2 saturated heterocycles. The van der Waals surface area contributed by atoms with E-state index >= 15 is 0 Å². The maximum atomic E-state index is 13.4. The number of carbonyl (C=O) groups excluding carboxylic acids is 3. The number of nitrogens with zero attached hydrogens (tertiary/aromatic N) is 6. The molecule has 35 heavy (non-hydrogen) atoms. The summed E-state index contributed by atoms with van der Waals surface area (Å²) in [6.07, 6.45) is 7.31. The van der Waals surface area contributed by atoms with Gasteiger partial charge in [0.15, 0.2) is 0 Å². The molecule has 3 fully saturated rings. The number of carbonyl (C=O) groups is 3. The van der Waals surface area contributed by atoms with Gasteiger partial charge in [-0.25, -0.2) is 15.5 Å². The van der Waals surface area contributed by atoms with E-state index in [0.29, 0.717) is 48.5 Å². The van der Waals surface area contributed by atoms with Crippen molar-refractivity contribution in [3.63, 3.8) is 0 Å². The zero-order valence-electron chi connectivity index (χ0n) is 20.3. The molecule has 2 aliphatic heterocycles. The molecule has 1 aromatic rings. The molecule has 12 nitrogen and oxygen atoms in total.